The number of nitrogens with two attached hydrogens (primary N) is 2. The quantitative estimate of drug-likeness (QED) is 0.0192. The first-order valence-electron chi connectivity index (χ1n) is 46.6. The van der Waals surface area contributed by atoms with Crippen LogP contribution in [0, 0.1) is 61.3 Å². The number of aryl methyl sites for hydroxylation is 8. The minimum Gasteiger partial charge on any atom is -1.00 e. The third-order valence-electron chi connectivity index (χ3n) is 23.9. The van der Waals surface area contributed by atoms with Crippen LogP contribution in [0.1, 0.15) is 255 Å². The third kappa shape index (κ3) is 41.7. The molecule has 736 valence electrons. The van der Waals surface area contributed by atoms with E-state index in [1.165, 1.54) is 116 Å². The molecule has 0 spiro atoms. The summed E-state index contributed by atoms with van der Waals surface area (Å²) in [7, 11) is 0. The molecule has 0 aromatic heterocycles. The number of anilines is 1. The topological polar surface area (TPSA) is 200 Å². The zero-order valence-corrected chi connectivity index (χ0v) is 89.3. The third-order valence-corrected chi connectivity index (χ3v) is 23.9. The predicted octanol–water partition coefficient (Wildman–Crippen LogP) is 19.1. The molecule has 13 nitrogen and oxygen atoms in total. The number of quaternary nitrogens is 2. The van der Waals surface area contributed by atoms with Gasteiger partial charge in [0.2, 0.25) is 0 Å². The van der Waals surface area contributed by atoms with Crippen LogP contribution in [0.5, 0.6) is 17.2 Å². The average molecular weight is 1970 g/mol. The summed E-state index contributed by atoms with van der Waals surface area (Å²) in [6, 6.07) is 91.8. The number of phenolic OH excluding ortho intramolecular Hbond substituents is 3. The molecule has 14 rings (SSSR count). The highest BCUT2D eigenvalue weighted by Crippen LogP contribution is 2.40. The molecule has 2 heterocycles. The number of nitrogens with one attached hydrogen (secondary N) is 6. The zero-order chi connectivity index (χ0) is 94.6. The molecule has 12 aromatic rings. The molecule has 13 N–H and O–H groups in total. The Hall–Kier alpha value is -9.36. The Morgan fingerprint density at radius 3 is 1.07 bits per heavy atom. The van der Waals surface area contributed by atoms with Gasteiger partial charge in [0.1, 0.15) is 42.6 Å². The van der Waals surface area contributed by atoms with Crippen LogP contribution in [0.15, 0.2) is 273 Å². The number of rotatable bonds is 25. The molecule has 0 amide bonds. The lowest BCUT2D eigenvalue weighted by Gasteiger charge is -2.46. The normalized spacial score (nSPS) is 13.7. The highest BCUT2D eigenvalue weighted by Gasteiger charge is 2.39. The summed E-state index contributed by atoms with van der Waals surface area (Å²) < 4.78 is 0. The van der Waals surface area contributed by atoms with Crippen molar-refractivity contribution in [2.24, 2.45) is 5.92 Å². The van der Waals surface area contributed by atoms with Crippen LogP contribution < -0.4 is 67.3 Å². The molecule has 2 aliphatic heterocycles. The fraction of sp³-hybridized carbons (Fsp3) is 0.368. The fourth-order valence-corrected chi connectivity index (χ4v) is 17.4. The lowest BCUT2D eigenvalue weighted by molar-refractivity contribution is -0.686. The van der Waals surface area contributed by atoms with Crippen LogP contribution in [0.2, 0.25) is 0 Å². The standard InChI is InChI=1S/C23H33NO.C21H19NO2.C21H19NO.C18H30N2.C17H28N2.C17H21NO.6ClH/c1-16-8-10-17(11-9-16)14-24-15-18-12-19(22(2,3)4)21(25)20(13-18)23(5,6)7;1-15-2-4-16(5-3-15)14-22-19-10-6-17(7-11-19)21(24)18-8-12-20(23)13-9-18;1-16-7-9-17(10-8-16)15-22-20-13-11-19(12-14-20)21(23)18-5-3-2-4-6-18;1-14-6-8-15(9-7-14)12-19-13-16-10-17(2,3)20-18(4,5)11-16;1-13-6-8-14(9-7-13)12-18-15-10-16(2,3)19-17(4,5)11-15;1-12-4-6-15(7-5-12)10-18-11-16-8-13(2)17(19)14(3)9-16;;;;;;/h8-13,24-25H,14-15H2,1-7H3;2-13,22-23H,14H2,1H3;2-14,22H,15H2,1H3;6-9,16,19-20H,10-13H2,1-5H3;6-9,15,18-19H,10-12H2,1-5H3;4-9,18-19H,10-11H2,1-3H3;6*1H. The molecule has 0 aliphatic carbocycles. The van der Waals surface area contributed by atoms with Crippen LogP contribution in [0.25, 0.3) is 0 Å². The number of carbonyl (C=O) groups is 2. The van der Waals surface area contributed by atoms with Gasteiger partial charge < -0.3 is 82.7 Å². The van der Waals surface area contributed by atoms with Gasteiger partial charge in [-0.25, -0.2) is 0 Å². The fourth-order valence-electron chi connectivity index (χ4n) is 17.4. The van der Waals surface area contributed by atoms with E-state index in [4.69, 9.17) is 0 Å². The molecule has 0 unspecified atom stereocenters. The number of benzene rings is 12. The maximum absolute atomic E-state index is 12.4. The lowest BCUT2D eigenvalue weighted by atomic mass is 9.76. The van der Waals surface area contributed by atoms with Gasteiger partial charge in [0.05, 0.1) is 0 Å². The number of carbonyl (C=O) groups excluding carboxylic acids is 2. The molecule has 0 saturated carbocycles. The van der Waals surface area contributed by atoms with E-state index in [1.54, 1.807) is 12.1 Å². The van der Waals surface area contributed by atoms with Crippen LogP contribution in [0.4, 0.5) is 11.4 Å². The Kier molecular flexibility index (Phi) is 50.3. The molecule has 0 atom stereocenters. The van der Waals surface area contributed by atoms with Gasteiger partial charge in [-0.15, -0.1) is 49.6 Å². The molecule has 2 fully saturated rings. The summed E-state index contributed by atoms with van der Waals surface area (Å²) in [4.78, 5) is 24.7. The van der Waals surface area contributed by atoms with E-state index in [-0.39, 0.29) is 125 Å². The van der Waals surface area contributed by atoms with E-state index in [2.05, 4.69) is 339 Å². The Labute approximate surface area is 853 Å². The Morgan fingerprint density at radius 2 is 0.676 bits per heavy atom. The molecule has 12 aromatic carbocycles. The van der Waals surface area contributed by atoms with E-state index >= 15 is 0 Å². The largest absolute Gasteiger partial charge is 1.00 e. The van der Waals surface area contributed by atoms with Crippen LogP contribution in [-0.4, -0.2) is 61.6 Å². The number of aromatic hydroxyl groups is 3. The van der Waals surface area contributed by atoms with E-state index in [1.807, 2.05) is 105 Å². The van der Waals surface area contributed by atoms with Gasteiger partial charge in [-0.05, 0) is 284 Å². The summed E-state index contributed by atoms with van der Waals surface area (Å²) in [5, 5.41) is 56.0. The van der Waals surface area contributed by atoms with Crippen LogP contribution >= 0.6 is 49.6 Å². The van der Waals surface area contributed by atoms with E-state index in [0.717, 1.165) is 110 Å². The van der Waals surface area contributed by atoms with Gasteiger partial charge in [0.15, 0.2) is 11.6 Å². The molecule has 0 bridgehead atoms. The molecule has 136 heavy (non-hydrogen) atoms. The van der Waals surface area contributed by atoms with Gasteiger partial charge in [-0.1, -0.05) is 263 Å². The first-order chi connectivity index (χ1) is 61.4. The van der Waals surface area contributed by atoms with Crippen molar-refractivity contribution in [1.29, 1.82) is 0 Å². The number of hydrogen-bond donors (Lipinski definition) is 11. The van der Waals surface area contributed by atoms with Crippen molar-refractivity contribution in [2.75, 3.05) is 11.9 Å². The van der Waals surface area contributed by atoms with E-state index in [0.29, 0.717) is 28.7 Å². The summed E-state index contributed by atoms with van der Waals surface area (Å²) >= 11 is 0. The molecule has 0 radical (unpaired) electrons. The summed E-state index contributed by atoms with van der Waals surface area (Å²) in [5.41, 5.74) is 27.6. The number of halogens is 6. The van der Waals surface area contributed by atoms with Crippen molar-refractivity contribution in [3.63, 3.8) is 0 Å². The smallest absolute Gasteiger partial charge is 0.193 e. The van der Waals surface area contributed by atoms with Crippen molar-refractivity contribution in [3.8, 4) is 17.2 Å². The minimum atomic E-state index is -0.0724. The lowest BCUT2D eigenvalue weighted by Crippen LogP contribution is -3.00. The van der Waals surface area contributed by atoms with E-state index < -0.39 is 0 Å². The summed E-state index contributed by atoms with van der Waals surface area (Å²) in [6.45, 7) is 56.2. The van der Waals surface area contributed by atoms with Crippen LogP contribution in [0.3, 0.4) is 0 Å². The maximum atomic E-state index is 12.4. The average Bonchev–Trinajstić information content (AvgIpc) is 0.780. The first-order valence-corrected chi connectivity index (χ1v) is 46.6. The molecular formula is C117H156Cl6N8O5. The zero-order valence-electron chi connectivity index (χ0n) is 84.5. The van der Waals surface area contributed by atoms with Crippen molar-refractivity contribution in [3.05, 3.63) is 395 Å². The second kappa shape index (κ2) is 56.6. The highest BCUT2D eigenvalue weighted by molar-refractivity contribution is 6.09. The summed E-state index contributed by atoms with van der Waals surface area (Å²) in [6.07, 6.45) is 4.86. The minimum absolute atomic E-state index is 0. The Bertz CT molecular complexity index is 5420. The Balaban J connectivity index is 0.000000418. The van der Waals surface area contributed by atoms with Gasteiger partial charge in [0.25, 0.3) is 0 Å². The van der Waals surface area contributed by atoms with Gasteiger partial charge in [0, 0.05) is 117 Å². The number of phenols is 3. The molecule has 19 heteroatoms. The maximum Gasteiger partial charge on any atom is 0.193 e. The van der Waals surface area contributed by atoms with Crippen LogP contribution in [-0.2, 0) is 63.2 Å². The molecule has 2 saturated heterocycles. The predicted molar refractivity (Wildman–Crippen MR) is 573 cm³/mol. The van der Waals surface area contributed by atoms with Gasteiger partial charge in [-0.2, -0.15) is 0 Å². The number of ketones is 2. The Morgan fingerprint density at radius 1 is 0.353 bits per heavy atom. The number of hydrogen-bond acceptors (Lipinski definition) is 11. The second-order valence-corrected chi connectivity index (χ2v) is 41.0. The monoisotopic (exact) mass is 1960 g/mol. The van der Waals surface area contributed by atoms with Gasteiger partial charge >= 0.3 is 0 Å². The van der Waals surface area contributed by atoms with E-state index in [9.17, 15) is 24.9 Å². The van der Waals surface area contributed by atoms with Crippen molar-refractivity contribution >= 4 is 72.6 Å². The first kappa shape index (κ1) is 121. The highest BCUT2D eigenvalue weighted by atomic mass is 35.5. The molecular weight excluding hydrogens is 1810 g/mol. The second-order valence-electron chi connectivity index (χ2n) is 41.0. The van der Waals surface area contributed by atoms with Crippen molar-refractivity contribution in [2.45, 2.75) is 269 Å². The van der Waals surface area contributed by atoms with Crippen molar-refractivity contribution < 1.29 is 60.4 Å². The van der Waals surface area contributed by atoms with Gasteiger partial charge in [-0.3, -0.25) is 9.59 Å². The van der Waals surface area contributed by atoms with Crippen molar-refractivity contribution in [1.82, 2.24) is 26.6 Å². The molecule has 2 aliphatic rings. The number of piperidine rings is 2. The summed E-state index contributed by atoms with van der Waals surface area (Å²) in [5.74, 6) is 1.79. The SMILES string of the molecule is Cc1ccc(CNC2CC(C)(C)NC(C)(C)C2)cc1.Cc1ccc(CNCC2CC(C)(C)NC(C)(C)C2)cc1.Cc1ccc(CNCc2cc(C)c(O)c(C)c2)cc1.Cc1ccc(CNc2ccc(C(=O)c3ccc(O)cc3)cc2)cc1.Cc1ccc(C[NH2+]Cc2cc(C(C)(C)C)c(O)c(C(C)(C)C)c2)cc1.Cc1ccc(C[NH2+]c2ccc(C(=O)c3ccccc3)cc2)cc1.Cl.Cl.Cl.Cl.[Cl-].[Cl-].